The molecule has 3 nitrogen and oxygen atoms in total. The molecule has 8 heteroatoms. The predicted molar refractivity (Wildman–Crippen MR) is 53.2 cm³/mol. The van der Waals surface area contributed by atoms with Gasteiger partial charge in [-0.05, 0) is 0 Å². The minimum atomic E-state index is -5.27. The Morgan fingerprint density at radius 2 is 1.53 bits per heavy atom. The minimum absolute atomic E-state index is 1.06. The van der Waals surface area contributed by atoms with E-state index in [9.17, 15) is 22.0 Å². The highest BCUT2D eigenvalue weighted by atomic mass is 19.4. The molecular weight excluding hydrogens is 269 g/mol. The van der Waals surface area contributed by atoms with Crippen LogP contribution in [0.25, 0.3) is 9.69 Å². The summed E-state index contributed by atoms with van der Waals surface area (Å²) in [5.41, 5.74) is -5.75. The molecule has 0 amide bonds. The van der Waals surface area contributed by atoms with Gasteiger partial charge in [-0.3, -0.25) is 0 Å². The van der Waals surface area contributed by atoms with Crippen molar-refractivity contribution in [2.75, 3.05) is 0 Å². The topological polar surface area (TPSA) is 32.5 Å². The molecule has 0 saturated carbocycles. The summed E-state index contributed by atoms with van der Waals surface area (Å²) in [6.07, 6.45) is -6.32. The van der Waals surface area contributed by atoms with Crippen molar-refractivity contribution >= 4 is 11.4 Å². The van der Waals surface area contributed by atoms with Gasteiger partial charge in [0.25, 0.3) is 0 Å². The molecule has 1 aromatic carbocycles. The fraction of sp³-hybridized carbons (Fsp3) is 0.182. The lowest BCUT2D eigenvalue weighted by molar-refractivity contribution is -0.140. The molecule has 0 aromatic heterocycles. The van der Waals surface area contributed by atoms with Gasteiger partial charge in [0.1, 0.15) is 11.6 Å². The number of rotatable bonds is 1. The van der Waals surface area contributed by atoms with Crippen LogP contribution in [0, 0.1) is 36.1 Å². The molecule has 0 N–H and O–H groups in total. The highest BCUT2D eigenvalue weighted by molar-refractivity contribution is 5.75. The molecule has 1 aromatic rings. The number of nitriles is 1. The number of alkyl halides is 3. The zero-order valence-corrected chi connectivity index (χ0v) is 8.94. The van der Waals surface area contributed by atoms with Gasteiger partial charge in [-0.2, -0.15) is 18.4 Å². The number of hydrogen-bond donors (Lipinski definition) is 0. The number of nitrogens with zero attached hydrogens (tertiary/aromatic N) is 3. The maximum atomic E-state index is 13.7. The Labute approximate surface area is 104 Å². The largest absolute Gasteiger partial charge is 0.418 e. The summed E-state index contributed by atoms with van der Waals surface area (Å²) in [4.78, 5) is 4.93. The van der Waals surface area contributed by atoms with Crippen LogP contribution in [0.1, 0.15) is 11.1 Å². The number of benzene rings is 1. The Kier molecular flexibility index (Phi) is 3.72. The van der Waals surface area contributed by atoms with E-state index in [2.05, 4.69) is 9.69 Å². The highest BCUT2D eigenvalue weighted by Gasteiger charge is 2.40. The minimum Gasteiger partial charge on any atom is -0.247 e. The van der Waals surface area contributed by atoms with Crippen LogP contribution < -0.4 is 0 Å². The van der Waals surface area contributed by atoms with Crippen LogP contribution >= 0.6 is 0 Å². The van der Waals surface area contributed by atoms with Crippen molar-refractivity contribution in [3.63, 3.8) is 0 Å². The smallest absolute Gasteiger partial charge is 0.247 e. The summed E-state index contributed by atoms with van der Waals surface area (Å²) in [7, 11) is 0. The van der Waals surface area contributed by atoms with E-state index in [4.69, 9.17) is 18.4 Å². The van der Waals surface area contributed by atoms with Crippen LogP contribution in [0.2, 0.25) is 0 Å². The number of halogens is 5. The normalized spacial score (nSPS) is 10.4. The second kappa shape index (κ2) is 4.91. The van der Waals surface area contributed by atoms with E-state index in [1.807, 2.05) is 0 Å². The maximum absolute atomic E-state index is 13.7. The molecule has 0 heterocycles. The van der Waals surface area contributed by atoms with Gasteiger partial charge in [-0.15, -0.1) is 0 Å². The Bertz CT molecular complexity index is 656. The van der Waals surface area contributed by atoms with Crippen molar-refractivity contribution in [1.82, 2.24) is 0 Å². The fourth-order valence-corrected chi connectivity index (χ4v) is 1.46. The van der Waals surface area contributed by atoms with Gasteiger partial charge < -0.3 is 0 Å². The highest BCUT2D eigenvalue weighted by Crippen LogP contribution is 2.44. The molecule has 96 valence electrons. The molecule has 0 unspecified atom stereocenters. The number of hydrogen-bond acceptors (Lipinski definition) is 1. The van der Waals surface area contributed by atoms with E-state index in [1.165, 1.54) is 6.07 Å². The van der Waals surface area contributed by atoms with Crippen molar-refractivity contribution in [3.8, 4) is 6.07 Å². The predicted octanol–water partition coefficient (Wildman–Crippen LogP) is 4.15. The van der Waals surface area contributed by atoms with E-state index in [0.29, 0.717) is 0 Å². The van der Waals surface area contributed by atoms with Crippen LogP contribution in [0.15, 0.2) is 0 Å². The van der Waals surface area contributed by atoms with Crippen LogP contribution in [-0.4, -0.2) is 0 Å². The quantitative estimate of drug-likeness (QED) is 0.557. The third-order valence-electron chi connectivity index (χ3n) is 2.19. The van der Waals surface area contributed by atoms with Crippen molar-refractivity contribution in [2.24, 2.45) is 0 Å². The molecule has 0 aliphatic heterocycles. The molecule has 0 spiro atoms. The van der Waals surface area contributed by atoms with Crippen molar-refractivity contribution in [3.05, 3.63) is 45.6 Å². The van der Waals surface area contributed by atoms with E-state index >= 15 is 0 Å². The monoisotopic (exact) mass is 271 g/mol. The third kappa shape index (κ3) is 2.31. The van der Waals surface area contributed by atoms with Crippen molar-refractivity contribution < 1.29 is 22.0 Å². The van der Waals surface area contributed by atoms with Crippen molar-refractivity contribution in [1.29, 1.82) is 5.26 Å². The third-order valence-corrected chi connectivity index (χ3v) is 2.19. The lowest BCUT2D eigenvalue weighted by Gasteiger charge is -2.15. The van der Waals surface area contributed by atoms with Gasteiger partial charge in [0.15, 0.2) is 0 Å². The van der Waals surface area contributed by atoms with E-state index in [-0.39, 0.29) is 0 Å². The first-order valence-electron chi connectivity index (χ1n) is 4.52. The first-order chi connectivity index (χ1) is 8.79. The van der Waals surface area contributed by atoms with Crippen molar-refractivity contribution in [2.45, 2.75) is 12.6 Å². The molecule has 0 aliphatic carbocycles. The zero-order valence-electron chi connectivity index (χ0n) is 8.94. The Morgan fingerprint density at radius 3 is 1.89 bits per heavy atom. The Morgan fingerprint density at radius 1 is 1.05 bits per heavy atom. The molecule has 0 atom stereocenters. The lowest BCUT2D eigenvalue weighted by Crippen LogP contribution is -2.14. The summed E-state index contributed by atoms with van der Waals surface area (Å²) >= 11 is 0. The second-order valence-corrected chi connectivity index (χ2v) is 3.23. The zero-order chi connectivity index (χ0) is 14.8. The lowest BCUT2D eigenvalue weighted by atomic mass is 10.0. The second-order valence-electron chi connectivity index (χ2n) is 3.23. The molecule has 19 heavy (non-hydrogen) atoms. The first-order valence-corrected chi connectivity index (χ1v) is 4.52. The summed E-state index contributed by atoms with van der Waals surface area (Å²) < 4.78 is 65.3. The molecule has 0 bridgehead atoms. The summed E-state index contributed by atoms with van der Waals surface area (Å²) in [5.74, 6) is -3.71. The molecule has 1 rings (SSSR count). The van der Waals surface area contributed by atoms with Crippen LogP contribution in [0.5, 0.6) is 0 Å². The van der Waals surface area contributed by atoms with Gasteiger partial charge in [0, 0.05) is 5.56 Å². The Hall–Kier alpha value is -2.66. The molecule has 0 saturated heterocycles. The molecule has 0 aliphatic rings. The summed E-state index contributed by atoms with van der Waals surface area (Å²) in [5, 5.41) is 8.37. The van der Waals surface area contributed by atoms with Gasteiger partial charge in [-0.25, -0.2) is 18.5 Å². The van der Waals surface area contributed by atoms with Crippen LogP contribution in [0.3, 0.4) is 0 Å². The first kappa shape index (κ1) is 14.4. The van der Waals surface area contributed by atoms with E-state index in [1.54, 1.807) is 0 Å². The molecule has 0 fully saturated rings. The SMILES string of the molecule is [C-]#[N+]c1c(F)c(CC#N)c(C(F)(F)F)c(F)c1[N+]#[C-]. The maximum Gasteiger partial charge on any atom is 0.418 e. The standard InChI is InChI=1S/C11H2F5N3/c1-18-9-7(12)5(3-4-17)6(11(14,15)16)8(13)10(9)19-2/h3H2. The Balaban J connectivity index is 3.94. The summed E-state index contributed by atoms with van der Waals surface area (Å²) in [6.45, 7) is 13.1. The molecule has 0 radical (unpaired) electrons. The molecular formula is C11H2F5N3. The van der Waals surface area contributed by atoms with Gasteiger partial charge >= 0.3 is 6.18 Å². The average molecular weight is 271 g/mol. The van der Waals surface area contributed by atoms with Crippen LogP contribution in [0.4, 0.5) is 33.3 Å². The van der Waals surface area contributed by atoms with Gasteiger partial charge in [-0.1, -0.05) is 0 Å². The van der Waals surface area contributed by atoms with Gasteiger partial charge in [0.2, 0.25) is 11.4 Å². The average Bonchev–Trinajstić information content (AvgIpc) is 2.31. The van der Waals surface area contributed by atoms with Gasteiger partial charge in [0.05, 0.1) is 31.2 Å². The van der Waals surface area contributed by atoms with E-state index < -0.39 is 46.7 Å². The fourth-order valence-electron chi connectivity index (χ4n) is 1.46. The van der Waals surface area contributed by atoms with E-state index in [0.717, 1.165) is 0 Å². The summed E-state index contributed by atoms with van der Waals surface area (Å²) in [6, 6.07) is 1.27. The van der Waals surface area contributed by atoms with Crippen LogP contribution in [-0.2, 0) is 12.6 Å².